The zero-order valence-electron chi connectivity index (χ0n) is 10.6. The molecule has 2 N–H and O–H groups in total. The van der Waals surface area contributed by atoms with Gasteiger partial charge >= 0.3 is 0 Å². The molecule has 0 aliphatic heterocycles. The van der Waals surface area contributed by atoms with Gasteiger partial charge in [-0.1, -0.05) is 13.0 Å². The number of rotatable bonds is 6. The van der Waals surface area contributed by atoms with E-state index in [0.29, 0.717) is 6.54 Å². The van der Waals surface area contributed by atoms with Gasteiger partial charge in [0.15, 0.2) is 0 Å². The summed E-state index contributed by atoms with van der Waals surface area (Å²) in [4.78, 5) is 24.1. The summed E-state index contributed by atoms with van der Waals surface area (Å²) >= 11 is 1.56. The molecule has 0 saturated carbocycles. The van der Waals surface area contributed by atoms with Crippen molar-refractivity contribution < 1.29 is 9.59 Å². The molecule has 0 aliphatic carbocycles. The van der Waals surface area contributed by atoms with E-state index in [4.69, 9.17) is 0 Å². The molecule has 0 radical (unpaired) electrons. The highest BCUT2D eigenvalue weighted by atomic mass is 32.1. The number of hydrogen-bond donors (Lipinski definition) is 2. The van der Waals surface area contributed by atoms with Gasteiger partial charge in [0.1, 0.15) is 6.04 Å². The van der Waals surface area contributed by atoms with Crippen molar-refractivity contribution in [3.8, 4) is 0 Å². The predicted octanol–water partition coefficient (Wildman–Crippen LogP) is 1.79. The molecule has 1 atom stereocenters. The van der Waals surface area contributed by atoms with Gasteiger partial charge in [-0.2, -0.15) is 0 Å². The molecule has 1 unspecified atom stereocenters. The Morgan fingerprint density at radius 3 is 2.89 bits per heavy atom. The van der Waals surface area contributed by atoms with Crippen LogP contribution in [-0.2, 0) is 9.59 Å². The van der Waals surface area contributed by atoms with Crippen LogP contribution in [0, 0.1) is 0 Å². The van der Waals surface area contributed by atoms with E-state index in [1.54, 1.807) is 24.3 Å². The largest absolute Gasteiger partial charge is 0.354 e. The second-order valence-corrected chi connectivity index (χ2v) is 4.85. The Morgan fingerprint density at radius 1 is 1.50 bits per heavy atom. The van der Waals surface area contributed by atoms with Crippen molar-refractivity contribution in [1.29, 1.82) is 0 Å². The molecule has 1 rings (SSSR count). The lowest BCUT2D eigenvalue weighted by atomic mass is 10.3. The van der Waals surface area contributed by atoms with Crippen LogP contribution in [0.3, 0.4) is 0 Å². The van der Waals surface area contributed by atoms with E-state index in [1.165, 1.54) is 6.08 Å². The highest BCUT2D eigenvalue weighted by molar-refractivity contribution is 7.10. The van der Waals surface area contributed by atoms with Crippen LogP contribution in [0.5, 0.6) is 0 Å². The second-order valence-electron chi connectivity index (χ2n) is 3.87. The first-order valence-corrected chi connectivity index (χ1v) is 6.81. The first kappa shape index (κ1) is 14.4. The lowest BCUT2D eigenvalue weighted by Gasteiger charge is -2.12. The Morgan fingerprint density at radius 2 is 2.28 bits per heavy atom. The fraction of sp³-hybridized carbons (Fsp3) is 0.385. The number of hydrogen-bond acceptors (Lipinski definition) is 3. The van der Waals surface area contributed by atoms with E-state index >= 15 is 0 Å². The average molecular weight is 266 g/mol. The van der Waals surface area contributed by atoms with Gasteiger partial charge in [0.25, 0.3) is 0 Å². The predicted molar refractivity (Wildman–Crippen MR) is 74.3 cm³/mol. The molecule has 1 aromatic heterocycles. The van der Waals surface area contributed by atoms with E-state index in [1.807, 2.05) is 24.4 Å². The number of amides is 2. The molecule has 0 fully saturated rings. The van der Waals surface area contributed by atoms with E-state index in [-0.39, 0.29) is 11.8 Å². The molecule has 1 heterocycles. The molecule has 0 aromatic carbocycles. The van der Waals surface area contributed by atoms with Crippen LogP contribution in [-0.4, -0.2) is 24.4 Å². The van der Waals surface area contributed by atoms with Gasteiger partial charge in [-0.3, -0.25) is 9.59 Å². The average Bonchev–Trinajstić information content (AvgIpc) is 2.86. The summed E-state index contributed by atoms with van der Waals surface area (Å²) < 4.78 is 0. The number of carbonyl (C=O) groups is 2. The Bertz CT molecular complexity index is 413. The minimum absolute atomic E-state index is 0.158. The standard InChI is InChI=1S/C13H18N2O2S/c1-3-8-14-13(17)10(2)15-12(16)7-6-11-5-4-9-18-11/h4-7,9-10H,3,8H2,1-2H3,(H,14,17)(H,15,16)/b7-6+. The summed E-state index contributed by atoms with van der Waals surface area (Å²) in [5.74, 6) is -0.419. The Hall–Kier alpha value is -1.62. The van der Waals surface area contributed by atoms with Crippen molar-refractivity contribution in [3.05, 3.63) is 28.5 Å². The highest BCUT2D eigenvalue weighted by Crippen LogP contribution is 2.09. The molecule has 98 valence electrons. The highest BCUT2D eigenvalue weighted by Gasteiger charge is 2.12. The molecule has 0 bridgehead atoms. The molecule has 5 heteroatoms. The van der Waals surface area contributed by atoms with Crippen LogP contribution in [0.4, 0.5) is 0 Å². The van der Waals surface area contributed by atoms with Gasteiger partial charge in [-0.25, -0.2) is 0 Å². The van der Waals surface area contributed by atoms with Crippen LogP contribution < -0.4 is 10.6 Å². The van der Waals surface area contributed by atoms with Crippen LogP contribution in [0.1, 0.15) is 25.1 Å². The summed E-state index contributed by atoms with van der Waals surface area (Å²) in [6.07, 6.45) is 4.05. The molecule has 2 amide bonds. The maximum absolute atomic E-state index is 11.6. The zero-order chi connectivity index (χ0) is 13.4. The maximum atomic E-state index is 11.6. The van der Waals surface area contributed by atoms with Gasteiger partial charge in [0.05, 0.1) is 0 Å². The summed E-state index contributed by atoms with van der Waals surface area (Å²) in [5, 5.41) is 7.29. The molecule has 4 nitrogen and oxygen atoms in total. The molecule has 0 aliphatic rings. The van der Waals surface area contributed by atoms with Crippen LogP contribution in [0.15, 0.2) is 23.6 Å². The van der Waals surface area contributed by atoms with Gasteiger partial charge < -0.3 is 10.6 Å². The molecular formula is C13H18N2O2S. The van der Waals surface area contributed by atoms with E-state index in [2.05, 4.69) is 10.6 Å². The van der Waals surface area contributed by atoms with E-state index in [0.717, 1.165) is 11.3 Å². The van der Waals surface area contributed by atoms with E-state index in [9.17, 15) is 9.59 Å². The minimum Gasteiger partial charge on any atom is -0.354 e. The smallest absolute Gasteiger partial charge is 0.244 e. The van der Waals surface area contributed by atoms with Crippen molar-refractivity contribution in [1.82, 2.24) is 10.6 Å². The van der Waals surface area contributed by atoms with Gasteiger partial charge in [-0.15, -0.1) is 11.3 Å². The third-order valence-corrected chi connectivity index (χ3v) is 3.08. The third kappa shape index (κ3) is 5.14. The number of thiophene rings is 1. The first-order valence-electron chi connectivity index (χ1n) is 5.93. The Balaban J connectivity index is 2.37. The summed E-state index contributed by atoms with van der Waals surface area (Å²) in [6, 6.07) is 3.33. The Kier molecular flexibility index (Phi) is 6.14. The summed E-state index contributed by atoms with van der Waals surface area (Å²) in [7, 11) is 0. The first-order chi connectivity index (χ1) is 8.63. The summed E-state index contributed by atoms with van der Waals surface area (Å²) in [5.41, 5.74) is 0. The summed E-state index contributed by atoms with van der Waals surface area (Å²) in [6.45, 7) is 4.28. The quantitative estimate of drug-likeness (QED) is 0.771. The lowest BCUT2D eigenvalue weighted by Crippen LogP contribution is -2.44. The lowest BCUT2D eigenvalue weighted by molar-refractivity contribution is -0.126. The van der Waals surface area contributed by atoms with Crippen molar-refractivity contribution in [2.24, 2.45) is 0 Å². The van der Waals surface area contributed by atoms with Gasteiger partial charge in [-0.05, 0) is 30.9 Å². The Labute approximate surface area is 111 Å². The normalized spacial score (nSPS) is 12.3. The van der Waals surface area contributed by atoms with Gasteiger partial charge in [0, 0.05) is 17.5 Å². The molecule has 0 spiro atoms. The number of carbonyl (C=O) groups excluding carboxylic acids is 2. The van der Waals surface area contributed by atoms with Crippen molar-refractivity contribution in [2.75, 3.05) is 6.54 Å². The van der Waals surface area contributed by atoms with Crippen molar-refractivity contribution in [3.63, 3.8) is 0 Å². The van der Waals surface area contributed by atoms with Crippen LogP contribution in [0.25, 0.3) is 6.08 Å². The van der Waals surface area contributed by atoms with E-state index < -0.39 is 6.04 Å². The molecule has 0 saturated heterocycles. The van der Waals surface area contributed by atoms with Crippen LogP contribution in [0.2, 0.25) is 0 Å². The SMILES string of the molecule is CCCNC(=O)C(C)NC(=O)/C=C/c1cccs1. The van der Waals surface area contributed by atoms with Crippen LogP contribution >= 0.6 is 11.3 Å². The zero-order valence-corrected chi connectivity index (χ0v) is 11.4. The minimum atomic E-state index is -0.517. The fourth-order valence-corrected chi connectivity index (χ4v) is 1.89. The van der Waals surface area contributed by atoms with Crippen molar-refractivity contribution >= 4 is 29.2 Å². The fourth-order valence-electron chi connectivity index (χ4n) is 1.27. The maximum Gasteiger partial charge on any atom is 0.244 e. The second kappa shape index (κ2) is 7.66. The monoisotopic (exact) mass is 266 g/mol. The third-order valence-electron chi connectivity index (χ3n) is 2.24. The van der Waals surface area contributed by atoms with Crippen molar-refractivity contribution in [2.45, 2.75) is 26.3 Å². The molecule has 18 heavy (non-hydrogen) atoms. The van der Waals surface area contributed by atoms with Gasteiger partial charge in [0.2, 0.25) is 11.8 Å². The molecular weight excluding hydrogens is 248 g/mol. The topological polar surface area (TPSA) is 58.2 Å². The number of nitrogens with one attached hydrogen (secondary N) is 2. The molecule has 1 aromatic rings.